The number of phenols is 1. The number of aromatic hydroxyl groups is 1. The van der Waals surface area contributed by atoms with E-state index < -0.39 is 53.2 Å². The number of hydrogen-bond donors (Lipinski definition) is 2. The van der Waals surface area contributed by atoms with Gasteiger partial charge in [0.2, 0.25) is 0 Å². The van der Waals surface area contributed by atoms with E-state index in [1.807, 2.05) is 4.98 Å². The van der Waals surface area contributed by atoms with Crippen LogP contribution in [0.15, 0.2) is 51.0 Å². The third-order valence-electron chi connectivity index (χ3n) is 4.30. The number of phenolic OH excluding ortho intramolecular Hbond substituents is 1. The van der Waals surface area contributed by atoms with Crippen LogP contribution in [0, 0.1) is 0 Å². The summed E-state index contributed by atoms with van der Waals surface area (Å²) < 4.78 is 32.3. The highest BCUT2D eigenvalue weighted by atomic mass is 32.2. The standard InChI is InChI=1S/C19H19FN2O8S/c1-9(23)28-14-15(17(20)31-12-5-3-11(25)4-6-12)30-18(16(14)29-10(2)24)22-8-7-13(26)21-19(22)27/h3-8,14-18,25H,1-2H3,(H,21,26,27)/t14-,15+,16-,17?,18-/m1/s1. The van der Waals surface area contributed by atoms with Gasteiger partial charge in [0.25, 0.3) is 5.56 Å². The van der Waals surface area contributed by atoms with E-state index in [9.17, 15) is 24.3 Å². The van der Waals surface area contributed by atoms with Crippen LogP contribution in [0.4, 0.5) is 4.39 Å². The van der Waals surface area contributed by atoms with Crippen molar-refractivity contribution in [1.82, 2.24) is 9.55 Å². The number of nitrogens with one attached hydrogen (secondary N) is 1. The Labute approximate surface area is 178 Å². The van der Waals surface area contributed by atoms with Crippen molar-refractivity contribution >= 4 is 23.7 Å². The van der Waals surface area contributed by atoms with Gasteiger partial charge in [-0.3, -0.25) is 23.9 Å². The summed E-state index contributed by atoms with van der Waals surface area (Å²) in [5.41, 5.74) is -3.35. The van der Waals surface area contributed by atoms with Gasteiger partial charge in [-0.05, 0) is 24.3 Å². The lowest BCUT2D eigenvalue weighted by Crippen LogP contribution is -2.43. The number of halogens is 1. The predicted octanol–water partition coefficient (Wildman–Crippen LogP) is 1.09. The molecule has 1 saturated heterocycles. The predicted molar refractivity (Wildman–Crippen MR) is 105 cm³/mol. The van der Waals surface area contributed by atoms with Crippen molar-refractivity contribution in [2.75, 3.05) is 0 Å². The molecule has 1 unspecified atom stereocenters. The summed E-state index contributed by atoms with van der Waals surface area (Å²) in [5, 5.41) is 9.38. The molecule has 1 aromatic carbocycles. The Morgan fingerprint density at radius 2 is 1.74 bits per heavy atom. The van der Waals surface area contributed by atoms with Crippen LogP contribution < -0.4 is 11.2 Å². The summed E-state index contributed by atoms with van der Waals surface area (Å²) >= 11 is 0.725. The molecule has 31 heavy (non-hydrogen) atoms. The molecule has 1 aromatic heterocycles. The van der Waals surface area contributed by atoms with Crippen molar-refractivity contribution in [2.24, 2.45) is 0 Å². The second-order valence-electron chi connectivity index (χ2n) is 6.62. The van der Waals surface area contributed by atoms with Crippen molar-refractivity contribution in [1.29, 1.82) is 0 Å². The number of ether oxygens (including phenoxy) is 3. The van der Waals surface area contributed by atoms with Gasteiger partial charge in [-0.25, -0.2) is 9.18 Å². The lowest BCUT2D eigenvalue weighted by molar-refractivity contribution is -0.165. The maximum atomic E-state index is 15.3. The van der Waals surface area contributed by atoms with Crippen LogP contribution in [0.3, 0.4) is 0 Å². The third kappa shape index (κ3) is 5.33. The molecule has 1 aliphatic rings. The average Bonchev–Trinajstić information content (AvgIpc) is 3.00. The van der Waals surface area contributed by atoms with Crippen molar-refractivity contribution in [3.8, 4) is 5.75 Å². The van der Waals surface area contributed by atoms with Gasteiger partial charge in [-0.2, -0.15) is 0 Å². The van der Waals surface area contributed by atoms with Gasteiger partial charge in [-0.15, -0.1) is 0 Å². The molecule has 0 aliphatic carbocycles. The monoisotopic (exact) mass is 454 g/mol. The molecule has 0 radical (unpaired) electrons. The highest BCUT2D eigenvalue weighted by Crippen LogP contribution is 2.40. The molecular formula is C19H19FN2O8S. The van der Waals surface area contributed by atoms with Gasteiger partial charge in [0.15, 0.2) is 23.9 Å². The molecule has 0 bridgehead atoms. The Kier molecular flexibility index (Phi) is 6.81. The maximum Gasteiger partial charge on any atom is 0.330 e. The smallest absolute Gasteiger partial charge is 0.330 e. The first kappa shape index (κ1) is 22.6. The lowest BCUT2D eigenvalue weighted by atomic mass is 10.1. The van der Waals surface area contributed by atoms with Crippen LogP contribution in [0.25, 0.3) is 0 Å². The van der Waals surface area contributed by atoms with E-state index in [0.29, 0.717) is 4.90 Å². The van der Waals surface area contributed by atoms with Crippen LogP contribution >= 0.6 is 11.8 Å². The van der Waals surface area contributed by atoms with Crippen molar-refractivity contribution in [3.63, 3.8) is 0 Å². The zero-order valence-corrected chi connectivity index (χ0v) is 17.2. The number of thioether (sulfide) groups is 1. The molecule has 1 aliphatic heterocycles. The largest absolute Gasteiger partial charge is 0.508 e. The number of benzene rings is 1. The second-order valence-corrected chi connectivity index (χ2v) is 7.78. The van der Waals surface area contributed by atoms with E-state index in [1.54, 1.807) is 0 Å². The van der Waals surface area contributed by atoms with Crippen LogP contribution in [0.5, 0.6) is 5.75 Å². The molecule has 5 atom stereocenters. The second kappa shape index (κ2) is 9.35. The zero-order chi connectivity index (χ0) is 22.7. The average molecular weight is 454 g/mol. The summed E-state index contributed by atoms with van der Waals surface area (Å²) in [6, 6.07) is 6.75. The highest BCUT2D eigenvalue weighted by molar-refractivity contribution is 7.99. The summed E-state index contributed by atoms with van der Waals surface area (Å²) in [6.45, 7) is 2.20. The van der Waals surface area contributed by atoms with E-state index >= 15 is 4.39 Å². The van der Waals surface area contributed by atoms with Gasteiger partial charge < -0.3 is 19.3 Å². The third-order valence-corrected chi connectivity index (χ3v) is 5.34. The molecule has 0 spiro atoms. The fourth-order valence-electron chi connectivity index (χ4n) is 3.09. The van der Waals surface area contributed by atoms with E-state index in [-0.39, 0.29) is 5.75 Å². The summed E-state index contributed by atoms with van der Waals surface area (Å²) in [6.07, 6.45) is -4.40. The van der Waals surface area contributed by atoms with Gasteiger partial charge in [0.05, 0.1) is 0 Å². The van der Waals surface area contributed by atoms with Crippen molar-refractivity contribution in [3.05, 3.63) is 57.4 Å². The highest BCUT2D eigenvalue weighted by Gasteiger charge is 2.53. The number of aromatic nitrogens is 2. The Morgan fingerprint density at radius 1 is 1.13 bits per heavy atom. The van der Waals surface area contributed by atoms with Gasteiger partial charge in [0, 0.05) is 31.0 Å². The molecule has 1 fully saturated rings. The van der Waals surface area contributed by atoms with E-state index in [2.05, 4.69) is 0 Å². The Morgan fingerprint density at radius 3 is 2.32 bits per heavy atom. The first-order valence-electron chi connectivity index (χ1n) is 9.07. The molecule has 2 heterocycles. The topological polar surface area (TPSA) is 137 Å². The van der Waals surface area contributed by atoms with Gasteiger partial charge in [0.1, 0.15) is 11.9 Å². The van der Waals surface area contributed by atoms with Gasteiger partial charge >= 0.3 is 17.6 Å². The van der Waals surface area contributed by atoms with E-state index in [1.165, 1.54) is 24.3 Å². The molecule has 0 saturated carbocycles. The zero-order valence-electron chi connectivity index (χ0n) is 16.4. The SMILES string of the molecule is CC(=O)O[C@@H]1[C@H](OC(C)=O)[C@@H](C(F)Sc2ccc(O)cc2)O[C@H]1n1ccc(=O)[nH]c1=O. The molecule has 0 amide bonds. The molecule has 3 rings (SSSR count). The maximum absolute atomic E-state index is 15.3. The first-order valence-corrected chi connectivity index (χ1v) is 9.95. The Balaban J connectivity index is 1.96. The number of alkyl halides is 1. The summed E-state index contributed by atoms with van der Waals surface area (Å²) in [4.78, 5) is 49.4. The number of nitrogens with zero attached hydrogens (tertiary/aromatic N) is 1. The first-order chi connectivity index (χ1) is 14.7. The van der Waals surface area contributed by atoms with Crippen LogP contribution in [-0.4, -0.2) is 50.4 Å². The minimum absolute atomic E-state index is 0.00194. The van der Waals surface area contributed by atoms with Crippen molar-refractivity contribution in [2.45, 2.75) is 48.8 Å². The van der Waals surface area contributed by atoms with Crippen LogP contribution in [-0.2, 0) is 23.8 Å². The lowest BCUT2D eigenvalue weighted by Gasteiger charge is -2.24. The number of rotatable bonds is 6. The van der Waals surface area contributed by atoms with Crippen molar-refractivity contribution < 1.29 is 33.3 Å². The Bertz CT molecular complexity index is 1070. The number of hydrogen-bond acceptors (Lipinski definition) is 9. The quantitative estimate of drug-likeness (QED) is 0.485. The summed E-state index contributed by atoms with van der Waals surface area (Å²) in [5.74, 6) is -1.54. The number of aromatic amines is 1. The Hall–Kier alpha value is -3.12. The molecule has 2 aromatic rings. The normalized spacial score (nSPS) is 23.8. The van der Waals surface area contributed by atoms with E-state index in [4.69, 9.17) is 14.2 Å². The number of esters is 2. The molecule has 12 heteroatoms. The minimum atomic E-state index is -1.81. The number of carbonyl (C=O) groups is 2. The number of H-pyrrole nitrogens is 1. The fourth-order valence-corrected chi connectivity index (χ4v) is 4.00. The van der Waals surface area contributed by atoms with E-state index in [0.717, 1.165) is 42.4 Å². The molecule has 2 N–H and O–H groups in total. The summed E-state index contributed by atoms with van der Waals surface area (Å²) in [7, 11) is 0. The molecular weight excluding hydrogens is 435 g/mol. The van der Waals surface area contributed by atoms with Crippen LogP contribution in [0.1, 0.15) is 20.1 Å². The minimum Gasteiger partial charge on any atom is -0.508 e. The fraction of sp³-hybridized carbons (Fsp3) is 0.368. The number of carbonyl (C=O) groups excluding carboxylic acids is 2. The van der Waals surface area contributed by atoms with Gasteiger partial charge in [-0.1, -0.05) is 11.8 Å². The van der Waals surface area contributed by atoms with Crippen LogP contribution in [0.2, 0.25) is 0 Å². The molecule has 166 valence electrons. The molecule has 10 nitrogen and oxygen atoms in total.